The van der Waals surface area contributed by atoms with Gasteiger partial charge in [0.05, 0.1) is 5.69 Å². The van der Waals surface area contributed by atoms with Crippen LogP contribution in [0.4, 0.5) is 11.4 Å². The lowest BCUT2D eigenvalue weighted by molar-refractivity contribution is -0.594. The fourth-order valence-corrected chi connectivity index (χ4v) is 7.73. The number of para-hydroxylation sites is 1. The van der Waals surface area contributed by atoms with Crippen LogP contribution < -0.4 is 14.8 Å². The number of aryl methyl sites for hydroxylation is 8. The van der Waals surface area contributed by atoms with E-state index in [4.69, 9.17) is 14.2 Å². The summed E-state index contributed by atoms with van der Waals surface area (Å²) in [6.07, 6.45) is 4.23. The molecule has 0 radical (unpaired) electrons. The molecule has 1 saturated heterocycles. The smallest absolute Gasteiger partial charge is 0.540 e. The first-order chi connectivity index (χ1) is 21.9. The molecule has 3 aromatic carbocycles. The Morgan fingerprint density at radius 1 is 0.745 bits per heavy atom. The molecule has 1 aromatic heterocycles. The van der Waals surface area contributed by atoms with E-state index in [-0.39, 0.29) is 5.31 Å². The lowest BCUT2D eigenvalue weighted by Gasteiger charge is -2.67. The SMILES string of the molecule is Cc1cc(C)c(B(O[B@-]2([n+]3ccc(N(C)C)cc3)OC(C)(C)C2(C)C)C(=Nc2c(C)cccc2C)c2c(C)cc(C)cc2C)c(C)c1. The van der Waals surface area contributed by atoms with Crippen LogP contribution in [0, 0.1) is 55.4 Å². The number of aliphatic imine (C=N–C) groups is 1. The number of pyridine rings is 1. The van der Waals surface area contributed by atoms with E-state index in [1.807, 2.05) is 0 Å². The average molecular weight is 630 g/mol. The summed E-state index contributed by atoms with van der Waals surface area (Å²) in [6.45, 7) is 23.7. The molecule has 2 heterocycles. The van der Waals surface area contributed by atoms with Crippen LogP contribution in [0.25, 0.3) is 0 Å². The normalized spacial score (nSPS) is 18.6. The van der Waals surface area contributed by atoms with Gasteiger partial charge in [0.15, 0.2) is 0 Å². The maximum Gasteiger partial charge on any atom is 0.540 e. The number of hydrogen-bond acceptors (Lipinski definition) is 4. The summed E-state index contributed by atoms with van der Waals surface area (Å²) >= 11 is 0. The van der Waals surface area contributed by atoms with Gasteiger partial charge in [-0.15, -0.1) is 0 Å². The fourth-order valence-electron chi connectivity index (χ4n) is 7.73. The number of anilines is 1. The van der Waals surface area contributed by atoms with E-state index in [1.165, 1.54) is 33.4 Å². The molecule has 7 heteroatoms. The van der Waals surface area contributed by atoms with E-state index >= 15 is 0 Å². The molecule has 1 aliphatic rings. The molecule has 5 rings (SSSR count). The Hall–Kier alpha value is -3.67. The summed E-state index contributed by atoms with van der Waals surface area (Å²) in [4.78, 5) is 7.76. The van der Waals surface area contributed by atoms with Crippen LogP contribution in [0.5, 0.6) is 0 Å². The number of rotatable bonds is 8. The zero-order valence-electron chi connectivity index (χ0n) is 31.2. The summed E-state index contributed by atoms with van der Waals surface area (Å²) in [6, 6.07) is 19.7. The minimum Gasteiger partial charge on any atom is -0.564 e. The van der Waals surface area contributed by atoms with Gasteiger partial charge in [-0.25, -0.2) is 0 Å². The molecular formula is C40H53B2N3O2. The van der Waals surface area contributed by atoms with Crippen molar-refractivity contribution in [2.45, 2.75) is 94.0 Å². The number of nitrogens with zero attached hydrogens (tertiary/aromatic N) is 3. The number of hydrogen-bond donors (Lipinski definition) is 0. The van der Waals surface area contributed by atoms with Crippen molar-refractivity contribution in [3.63, 3.8) is 0 Å². The zero-order chi connectivity index (χ0) is 34.6. The van der Waals surface area contributed by atoms with Crippen LogP contribution in [-0.2, 0) is 9.23 Å². The molecule has 4 aromatic rings. The molecule has 246 valence electrons. The zero-order valence-corrected chi connectivity index (χ0v) is 31.2. The lowest BCUT2D eigenvalue weighted by atomic mass is 9.33. The standard InChI is InChI=1S/C40H53B2N3O2/c1-26-22-30(5)35(31(6)23-26)38(43-37-28(3)16-15-17-29(37)4)41(36-32(7)24-27(2)25-33(36)8)47-42(39(9,10)40(11,12)46-42)45-20-18-34(19-21-45)44(13)14/h15-25H,1-14H3/t42-/m1/s1. The first kappa shape index (κ1) is 34.7. The van der Waals surface area contributed by atoms with E-state index in [2.05, 4.69) is 174 Å². The molecule has 0 amide bonds. The molecule has 0 unspecified atom stereocenters. The van der Waals surface area contributed by atoms with Crippen molar-refractivity contribution in [1.29, 1.82) is 0 Å². The first-order valence-electron chi connectivity index (χ1n) is 16.9. The second kappa shape index (κ2) is 12.4. The van der Waals surface area contributed by atoms with Gasteiger partial charge in [-0.2, -0.15) is 0 Å². The van der Waals surface area contributed by atoms with Gasteiger partial charge in [0, 0.05) is 43.1 Å². The summed E-state index contributed by atoms with van der Waals surface area (Å²) in [5.41, 5.74) is 14.3. The monoisotopic (exact) mass is 629 g/mol. The summed E-state index contributed by atoms with van der Waals surface area (Å²) in [7, 11) is 4.12. The predicted molar refractivity (Wildman–Crippen MR) is 201 cm³/mol. The molecule has 1 atom stereocenters. The van der Waals surface area contributed by atoms with Gasteiger partial charge in [-0.1, -0.05) is 78.6 Å². The fraction of sp³-hybridized carbons (Fsp3) is 0.400. The molecule has 0 spiro atoms. The van der Waals surface area contributed by atoms with Gasteiger partial charge in [0.1, 0.15) is 12.4 Å². The van der Waals surface area contributed by atoms with Gasteiger partial charge in [-0.3, -0.25) is 4.99 Å². The molecular weight excluding hydrogens is 576 g/mol. The Labute approximate surface area is 284 Å². The highest BCUT2D eigenvalue weighted by atomic mass is 16.6. The largest absolute Gasteiger partial charge is 0.564 e. The molecule has 47 heavy (non-hydrogen) atoms. The highest BCUT2D eigenvalue weighted by Crippen LogP contribution is 2.59. The van der Waals surface area contributed by atoms with Crippen molar-refractivity contribution in [3.8, 4) is 0 Å². The molecule has 0 N–H and O–H groups in total. The predicted octanol–water partition coefficient (Wildman–Crippen LogP) is 8.16. The molecule has 0 bridgehead atoms. The molecule has 5 nitrogen and oxygen atoms in total. The quantitative estimate of drug-likeness (QED) is 0.146. The molecule has 1 fully saturated rings. The maximum atomic E-state index is 7.77. The Balaban J connectivity index is 1.88. The summed E-state index contributed by atoms with van der Waals surface area (Å²) in [5, 5.41) is -0.358. The van der Waals surface area contributed by atoms with Crippen molar-refractivity contribution in [3.05, 3.63) is 117 Å². The van der Waals surface area contributed by atoms with Gasteiger partial charge < -0.3 is 18.6 Å². The topological polar surface area (TPSA) is 37.9 Å². The van der Waals surface area contributed by atoms with Gasteiger partial charge in [0.25, 0.3) is 0 Å². The third kappa shape index (κ3) is 5.98. The lowest BCUT2D eigenvalue weighted by Crippen LogP contribution is -2.88. The van der Waals surface area contributed by atoms with Crippen LogP contribution in [0.2, 0.25) is 5.31 Å². The van der Waals surface area contributed by atoms with E-state index in [9.17, 15) is 0 Å². The number of aromatic nitrogens is 1. The van der Waals surface area contributed by atoms with Crippen LogP contribution in [-0.4, -0.2) is 38.9 Å². The second-order valence-corrected chi connectivity index (χ2v) is 15.3. The third-order valence-corrected chi connectivity index (χ3v) is 10.8. The number of benzene rings is 3. The second-order valence-electron chi connectivity index (χ2n) is 15.3. The summed E-state index contributed by atoms with van der Waals surface area (Å²) in [5.74, 6) is 0. The van der Waals surface area contributed by atoms with Crippen molar-refractivity contribution in [2.24, 2.45) is 4.99 Å². The minimum absolute atomic E-state index is 0.358. The van der Waals surface area contributed by atoms with Crippen molar-refractivity contribution < 1.29 is 13.7 Å². The van der Waals surface area contributed by atoms with E-state index in [0.29, 0.717) is 0 Å². The van der Waals surface area contributed by atoms with Gasteiger partial charge in [0.2, 0.25) is 0 Å². The van der Waals surface area contributed by atoms with E-state index in [1.54, 1.807) is 0 Å². The van der Waals surface area contributed by atoms with Crippen LogP contribution in [0.1, 0.15) is 77.8 Å². The van der Waals surface area contributed by atoms with E-state index < -0.39 is 19.2 Å². The maximum absolute atomic E-state index is 7.77. The van der Waals surface area contributed by atoms with Gasteiger partial charge >= 0.3 is 13.6 Å². The molecule has 0 saturated carbocycles. The van der Waals surface area contributed by atoms with Crippen molar-refractivity contribution in [1.82, 2.24) is 0 Å². The molecule has 0 aliphatic carbocycles. The van der Waals surface area contributed by atoms with Crippen LogP contribution in [0.3, 0.4) is 0 Å². The Morgan fingerprint density at radius 2 is 1.23 bits per heavy atom. The van der Waals surface area contributed by atoms with E-state index in [0.717, 1.165) is 39.1 Å². The van der Waals surface area contributed by atoms with Crippen LogP contribution in [0.15, 0.2) is 72.0 Å². The van der Waals surface area contributed by atoms with Crippen molar-refractivity contribution in [2.75, 3.05) is 19.0 Å². The Bertz CT molecular complexity index is 1790. The average Bonchev–Trinajstić information content (AvgIpc) is 2.96. The highest BCUT2D eigenvalue weighted by molar-refractivity contribution is 7.02. The van der Waals surface area contributed by atoms with Crippen LogP contribution >= 0.6 is 0 Å². The highest BCUT2D eigenvalue weighted by Gasteiger charge is 2.72. The summed E-state index contributed by atoms with van der Waals surface area (Å²) < 4.78 is 17.0. The third-order valence-electron chi connectivity index (χ3n) is 10.8. The first-order valence-corrected chi connectivity index (χ1v) is 16.9. The Kier molecular flexibility index (Phi) is 9.15. The Morgan fingerprint density at radius 3 is 1.68 bits per heavy atom. The minimum atomic E-state index is -2.06. The van der Waals surface area contributed by atoms with Gasteiger partial charge in [-0.05, 0) is 108 Å². The van der Waals surface area contributed by atoms with Crippen molar-refractivity contribution >= 4 is 36.1 Å². The molecule has 1 aliphatic heterocycles.